The number of carbonyl (C=O) groups excluding carboxylic acids is 4. The van der Waals surface area contributed by atoms with Crippen molar-refractivity contribution in [1.82, 2.24) is 30.3 Å². The zero-order valence-corrected chi connectivity index (χ0v) is 32.1. The van der Waals surface area contributed by atoms with Crippen molar-refractivity contribution in [2.45, 2.75) is 76.0 Å². The van der Waals surface area contributed by atoms with E-state index in [1.807, 2.05) is 12.1 Å². The van der Waals surface area contributed by atoms with Gasteiger partial charge < -0.3 is 25.2 Å². The number of nitrogens with two attached hydrogens (primary N) is 1. The van der Waals surface area contributed by atoms with Crippen molar-refractivity contribution in [3.8, 4) is 11.8 Å². The molecule has 16 heteroatoms. The Balaban J connectivity index is 0.920. The lowest BCUT2D eigenvalue weighted by atomic mass is 9.89. The Labute approximate surface area is 331 Å². The molecule has 4 amide bonds. The van der Waals surface area contributed by atoms with Gasteiger partial charge in [0.2, 0.25) is 17.7 Å². The van der Waals surface area contributed by atoms with E-state index in [2.05, 4.69) is 41.3 Å². The minimum Gasteiger partial charge on any atom is -0.490 e. The molecular weight excluding hydrogens is 736 g/mol. The van der Waals surface area contributed by atoms with Gasteiger partial charge in [-0.15, -0.1) is 10.2 Å². The molecule has 4 aliphatic rings. The molecule has 2 aromatic heterocycles. The smallest absolute Gasteiger partial charge is 0.269 e. The first-order chi connectivity index (χ1) is 27.1. The maximum absolute atomic E-state index is 14.2. The summed E-state index contributed by atoms with van der Waals surface area (Å²) in [5, 5.41) is 20.1. The number of halogens is 1. The molecule has 7 rings (SSSR count). The minimum absolute atomic E-state index is 0.0965. The number of benzene rings is 1. The molecule has 1 saturated carbocycles. The van der Waals surface area contributed by atoms with Gasteiger partial charge in [0, 0.05) is 70.5 Å². The Hall–Kier alpha value is -5.33. The van der Waals surface area contributed by atoms with Gasteiger partial charge in [-0.3, -0.25) is 29.4 Å². The molecule has 1 atom stereocenters. The van der Waals surface area contributed by atoms with Crippen LogP contribution in [0.2, 0.25) is 5.02 Å². The molecule has 3 aliphatic heterocycles. The van der Waals surface area contributed by atoms with E-state index in [1.54, 1.807) is 41.4 Å². The Bertz CT molecular complexity index is 1950. The number of primary amides is 1. The SMILES string of the molecule is N#Cc1ccc(OC2CCC(N(C(=O)Cc3ccnc(N4CCN(CC5CCN(c6ccc(C(N)=O)nn6)CC5)CC4)c3)C3CCC(=O)NC3=O)CC2)cc1Cl. The Morgan fingerprint density at radius 1 is 0.911 bits per heavy atom. The molecule has 56 heavy (non-hydrogen) atoms. The van der Waals surface area contributed by atoms with E-state index in [4.69, 9.17) is 22.1 Å². The van der Waals surface area contributed by atoms with Crippen LogP contribution in [0.4, 0.5) is 11.6 Å². The summed E-state index contributed by atoms with van der Waals surface area (Å²) in [6.45, 7) is 6.29. The summed E-state index contributed by atoms with van der Waals surface area (Å²) in [5.41, 5.74) is 6.68. The average molecular weight is 783 g/mol. The zero-order chi connectivity index (χ0) is 39.2. The third-order valence-corrected chi connectivity index (χ3v) is 11.8. The number of ether oxygens (including phenoxy) is 1. The van der Waals surface area contributed by atoms with Crippen LogP contribution in [0.3, 0.4) is 0 Å². The van der Waals surface area contributed by atoms with Gasteiger partial charge in [-0.2, -0.15) is 5.26 Å². The van der Waals surface area contributed by atoms with Crippen molar-refractivity contribution < 1.29 is 23.9 Å². The van der Waals surface area contributed by atoms with Gasteiger partial charge >= 0.3 is 0 Å². The lowest BCUT2D eigenvalue weighted by molar-refractivity contribution is -0.148. The molecule has 0 bridgehead atoms. The van der Waals surface area contributed by atoms with E-state index in [0.29, 0.717) is 54.4 Å². The van der Waals surface area contributed by atoms with Gasteiger partial charge in [0.05, 0.1) is 23.1 Å². The quantitative estimate of drug-likeness (QED) is 0.271. The van der Waals surface area contributed by atoms with Crippen LogP contribution in [0.1, 0.15) is 73.0 Å². The summed E-state index contributed by atoms with van der Waals surface area (Å²) >= 11 is 6.21. The highest BCUT2D eigenvalue weighted by molar-refractivity contribution is 6.31. The van der Waals surface area contributed by atoms with E-state index in [0.717, 1.165) is 75.9 Å². The number of piperazine rings is 1. The number of amides is 4. The Morgan fingerprint density at radius 3 is 2.32 bits per heavy atom. The fourth-order valence-electron chi connectivity index (χ4n) is 8.38. The van der Waals surface area contributed by atoms with E-state index < -0.39 is 17.9 Å². The van der Waals surface area contributed by atoms with Crippen LogP contribution in [-0.2, 0) is 20.8 Å². The van der Waals surface area contributed by atoms with Gasteiger partial charge in [0.1, 0.15) is 23.7 Å². The fraction of sp³-hybridized carbons (Fsp3) is 0.500. The predicted molar refractivity (Wildman–Crippen MR) is 208 cm³/mol. The van der Waals surface area contributed by atoms with Gasteiger partial charge in [-0.25, -0.2) is 4.98 Å². The van der Waals surface area contributed by atoms with Gasteiger partial charge in [-0.05, 0) is 92.8 Å². The number of pyridine rings is 1. The molecule has 1 unspecified atom stereocenters. The van der Waals surface area contributed by atoms with Crippen LogP contribution in [0, 0.1) is 17.2 Å². The van der Waals surface area contributed by atoms with Gasteiger partial charge in [0.25, 0.3) is 5.91 Å². The Morgan fingerprint density at radius 2 is 1.66 bits per heavy atom. The molecular formula is C40H47ClN10O5. The molecule has 1 aromatic carbocycles. The minimum atomic E-state index is -0.717. The molecule has 0 spiro atoms. The largest absolute Gasteiger partial charge is 0.490 e. The number of hydrogen-bond donors (Lipinski definition) is 2. The molecule has 15 nitrogen and oxygen atoms in total. The first-order valence-electron chi connectivity index (χ1n) is 19.5. The lowest BCUT2D eigenvalue weighted by Gasteiger charge is -2.42. The summed E-state index contributed by atoms with van der Waals surface area (Å²) in [7, 11) is 0. The highest BCUT2D eigenvalue weighted by Gasteiger charge is 2.40. The van der Waals surface area contributed by atoms with Gasteiger partial charge in [0.15, 0.2) is 11.5 Å². The number of nitrogens with one attached hydrogen (secondary N) is 1. The molecule has 0 radical (unpaired) electrons. The van der Waals surface area contributed by atoms with Crippen LogP contribution in [-0.4, -0.2) is 113 Å². The number of hydrogen-bond acceptors (Lipinski definition) is 12. The molecule has 3 aromatic rings. The van der Waals surface area contributed by atoms with Crippen molar-refractivity contribution in [2.75, 3.05) is 55.6 Å². The first-order valence-corrected chi connectivity index (χ1v) is 19.8. The van der Waals surface area contributed by atoms with Crippen molar-refractivity contribution in [2.24, 2.45) is 11.7 Å². The van der Waals surface area contributed by atoms with Crippen molar-refractivity contribution in [3.05, 3.63) is 70.5 Å². The summed E-state index contributed by atoms with van der Waals surface area (Å²) < 4.78 is 6.19. The van der Waals surface area contributed by atoms with Crippen molar-refractivity contribution in [1.29, 1.82) is 5.26 Å². The standard InChI is InChI=1S/C40H47ClN10O5/c41-32-23-31(4-1-28(32)24-42)56-30-5-2-29(3-6-30)51(34-8-10-37(52)45-40(34)55)38(53)22-27-11-14-44-36(21-27)50-19-17-48(18-20-50)25-26-12-15-49(16-13-26)35-9-7-33(39(43)54)46-47-35/h1,4,7,9,11,14,21,23,26,29-30,34H,2-3,5-6,8,10,12-13,15-20,22,25H2,(H2,43,54)(H,45,52,55). The van der Waals surface area contributed by atoms with Crippen LogP contribution >= 0.6 is 11.6 Å². The molecule has 3 N–H and O–H groups in total. The number of aromatic nitrogens is 3. The molecule has 3 saturated heterocycles. The van der Waals surface area contributed by atoms with E-state index in [-0.39, 0.29) is 42.5 Å². The maximum Gasteiger partial charge on any atom is 0.269 e. The lowest BCUT2D eigenvalue weighted by Crippen LogP contribution is -2.58. The monoisotopic (exact) mass is 782 g/mol. The number of anilines is 2. The normalized spacial score (nSPS) is 22.2. The van der Waals surface area contributed by atoms with Crippen LogP contribution in [0.25, 0.3) is 0 Å². The second-order valence-electron chi connectivity index (χ2n) is 15.1. The number of nitriles is 1. The van der Waals surface area contributed by atoms with E-state index in [9.17, 15) is 24.4 Å². The number of imide groups is 1. The third-order valence-electron chi connectivity index (χ3n) is 11.5. The Kier molecular flexibility index (Phi) is 12.3. The summed E-state index contributed by atoms with van der Waals surface area (Å²) in [6, 6.07) is 13.4. The second-order valence-corrected chi connectivity index (χ2v) is 15.5. The molecule has 5 heterocycles. The van der Waals surface area contributed by atoms with Crippen LogP contribution < -0.4 is 25.6 Å². The fourth-order valence-corrected chi connectivity index (χ4v) is 8.59. The second kappa shape index (κ2) is 17.6. The predicted octanol–water partition coefficient (Wildman–Crippen LogP) is 3.10. The van der Waals surface area contributed by atoms with Crippen LogP contribution in [0.15, 0.2) is 48.7 Å². The van der Waals surface area contributed by atoms with E-state index in [1.165, 1.54) is 0 Å². The average Bonchev–Trinajstić information content (AvgIpc) is 3.20. The van der Waals surface area contributed by atoms with Gasteiger partial charge in [-0.1, -0.05) is 11.6 Å². The molecule has 294 valence electrons. The van der Waals surface area contributed by atoms with Crippen LogP contribution in [0.5, 0.6) is 5.75 Å². The number of carbonyl (C=O) groups is 4. The summed E-state index contributed by atoms with van der Waals surface area (Å²) in [4.78, 5) is 64.1. The maximum atomic E-state index is 14.2. The first kappa shape index (κ1) is 38.9. The summed E-state index contributed by atoms with van der Waals surface area (Å²) in [6.07, 6.45) is 6.99. The number of piperidine rings is 2. The molecule has 4 fully saturated rings. The van der Waals surface area contributed by atoms with E-state index >= 15 is 0 Å². The highest BCUT2D eigenvalue weighted by atomic mass is 35.5. The number of nitrogens with zero attached hydrogens (tertiary/aromatic N) is 8. The molecule has 1 aliphatic carbocycles. The number of rotatable bonds is 11. The van der Waals surface area contributed by atoms with Crippen molar-refractivity contribution in [3.63, 3.8) is 0 Å². The van der Waals surface area contributed by atoms with Crippen molar-refractivity contribution >= 4 is 46.9 Å². The zero-order valence-electron chi connectivity index (χ0n) is 31.3. The topological polar surface area (TPSA) is 191 Å². The third kappa shape index (κ3) is 9.37. The summed E-state index contributed by atoms with van der Waals surface area (Å²) in [5.74, 6) is 1.30. The highest BCUT2D eigenvalue weighted by Crippen LogP contribution is 2.32.